The molecule has 2 aliphatic heterocycles. The number of aromatic nitrogens is 3. The minimum absolute atomic E-state index is 0.0268. The van der Waals surface area contributed by atoms with E-state index in [-0.39, 0.29) is 23.4 Å². The normalized spacial score (nSPS) is 17.2. The van der Waals surface area contributed by atoms with Gasteiger partial charge in [-0.1, -0.05) is 35.9 Å². The Morgan fingerprint density at radius 2 is 1.76 bits per heavy atom. The summed E-state index contributed by atoms with van der Waals surface area (Å²) in [4.78, 5) is 48.8. The number of aliphatic hydroxyl groups excluding tert-OH is 2. The summed E-state index contributed by atoms with van der Waals surface area (Å²) in [6, 6.07) is 12.4. The van der Waals surface area contributed by atoms with Crippen molar-refractivity contribution in [1.82, 2.24) is 23.9 Å². The average Bonchev–Trinajstić information content (AvgIpc) is 3.62. The number of carbonyl (C=O) groups is 2. The number of nitrogens with one attached hydrogen (secondary N) is 2. The number of likely N-dealkylation sites (tertiary alicyclic amines) is 1. The maximum absolute atomic E-state index is 13.5. The summed E-state index contributed by atoms with van der Waals surface area (Å²) >= 11 is 6.92. The Bertz CT molecular complexity index is 1970. The zero-order valence-electron chi connectivity index (χ0n) is 28.2. The molecule has 0 saturated carbocycles. The first-order chi connectivity index (χ1) is 23.4. The van der Waals surface area contributed by atoms with Crippen LogP contribution in [0.25, 0.3) is 11.1 Å². The van der Waals surface area contributed by atoms with Gasteiger partial charge in [-0.25, -0.2) is 4.98 Å². The summed E-state index contributed by atoms with van der Waals surface area (Å²) in [6.45, 7) is 7.33. The molecule has 258 valence electrons. The van der Waals surface area contributed by atoms with Gasteiger partial charge in [0.15, 0.2) is 5.82 Å². The molecule has 0 aliphatic carbocycles. The van der Waals surface area contributed by atoms with Gasteiger partial charge in [-0.3, -0.25) is 24.2 Å². The highest BCUT2D eigenvalue weighted by Gasteiger charge is 2.27. The fraction of sp³-hybridized carbons (Fsp3) is 0.389. The second-order valence-electron chi connectivity index (χ2n) is 13.1. The van der Waals surface area contributed by atoms with Gasteiger partial charge in [0.1, 0.15) is 5.56 Å². The summed E-state index contributed by atoms with van der Waals surface area (Å²) in [5.74, 6) is -0.636. The first kappa shape index (κ1) is 34.5. The molecule has 12 nitrogen and oxygen atoms in total. The molecule has 2 aromatic heterocycles. The molecule has 4 aromatic rings. The van der Waals surface area contributed by atoms with Gasteiger partial charge in [-0.2, -0.15) is 0 Å². The molecule has 1 fully saturated rings. The Morgan fingerprint density at radius 3 is 2.47 bits per heavy atom. The van der Waals surface area contributed by atoms with Crippen molar-refractivity contribution >= 4 is 34.8 Å². The number of imidazole rings is 1. The van der Waals surface area contributed by atoms with Crippen molar-refractivity contribution in [2.75, 3.05) is 36.8 Å². The Hall–Kier alpha value is -4.33. The molecule has 0 radical (unpaired) electrons. The van der Waals surface area contributed by atoms with Crippen LogP contribution in [0.2, 0.25) is 5.02 Å². The van der Waals surface area contributed by atoms with Crippen LogP contribution in [0.1, 0.15) is 56.8 Å². The Labute approximate surface area is 289 Å². The number of β-amino-alcohol motifs (C(OH)–C–C–N with tert-alkyl or cyclic N) is 2. The van der Waals surface area contributed by atoms with Crippen LogP contribution in [0.5, 0.6) is 0 Å². The SMILES string of the molecule is Cc1c(NC(=O)c2cc(CN3CCC(O)C3)cn(C)c2=O)cccc1-c1cccc(NC(=O)c2nc3c(n2C)CCN(CC(C)O)C3)c1Cl. The Balaban J connectivity index is 1.21. The van der Waals surface area contributed by atoms with E-state index < -0.39 is 17.6 Å². The highest BCUT2D eigenvalue weighted by Crippen LogP contribution is 2.37. The third-order valence-electron chi connectivity index (χ3n) is 9.32. The summed E-state index contributed by atoms with van der Waals surface area (Å²) in [7, 11) is 3.45. The second kappa shape index (κ2) is 14.3. The third kappa shape index (κ3) is 7.34. The predicted molar refractivity (Wildman–Crippen MR) is 189 cm³/mol. The fourth-order valence-electron chi connectivity index (χ4n) is 6.83. The molecule has 0 spiro atoms. The number of hydrogen-bond donors (Lipinski definition) is 4. The van der Waals surface area contributed by atoms with Crippen LogP contribution in [0.4, 0.5) is 11.4 Å². The summed E-state index contributed by atoms with van der Waals surface area (Å²) in [5.41, 5.74) is 5.33. The Morgan fingerprint density at radius 1 is 1.04 bits per heavy atom. The number of aryl methyl sites for hydroxylation is 1. The quantitative estimate of drug-likeness (QED) is 0.209. The van der Waals surface area contributed by atoms with Crippen LogP contribution in [0.15, 0.2) is 53.5 Å². The van der Waals surface area contributed by atoms with Crippen molar-refractivity contribution in [3.63, 3.8) is 0 Å². The van der Waals surface area contributed by atoms with Gasteiger partial charge < -0.3 is 30.0 Å². The number of carbonyl (C=O) groups excluding carboxylic acids is 2. The second-order valence-corrected chi connectivity index (χ2v) is 13.5. The number of aliphatic hydroxyl groups is 2. The average molecular weight is 688 g/mol. The highest BCUT2D eigenvalue weighted by atomic mass is 35.5. The summed E-state index contributed by atoms with van der Waals surface area (Å²) in [6.07, 6.45) is 2.33. The minimum atomic E-state index is -0.525. The van der Waals surface area contributed by atoms with Gasteiger partial charge in [-0.05, 0) is 55.2 Å². The van der Waals surface area contributed by atoms with Gasteiger partial charge in [-0.15, -0.1) is 0 Å². The maximum Gasteiger partial charge on any atom is 0.291 e. The molecule has 2 aliphatic rings. The number of halogens is 1. The smallest absolute Gasteiger partial charge is 0.291 e. The van der Waals surface area contributed by atoms with E-state index in [0.717, 1.165) is 47.6 Å². The number of pyridine rings is 1. The number of benzene rings is 2. The van der Waals surface area contributed by atoms with E-state index in [9.17, 15) is 24.6 Å². The van der Waals surface area contributed by atoms with Crippen molar-refractivity contribution < 1.29 is 19.8 Å². The van der Waals surface area contributed by atoms with Gasteiger partial charge >= 0.3 is 0 Å². The number of rotatable bonds is 9. The standard InChI is InChI=1S/C36H42ClN7O5/c1-21(45)16-43-14-12-31-30(20-43)38-33(42(31)4)35(48)40-29-10-6-8-26(32(29)37)25-7-5-9-28(22(25)2)39-34(47)27-15-23(17-41(3)36(27)49)18-44-13-11-24(46)19-44/h5-10,15,17,21,24,45-46H,11-14,16,18-20H2,1-4H3,(H,39,47)(H,40,48). The van der Waals surface area contributed by atoms with E-state index >= 15 is 0 Å². The molecule has 6 rings (SSSR count). The van der Waals surface area contributed by atoms with Gasteiger partial charge in [0, 0.05) is 82.9 Å². The van der Waals surface area contributed by atoms with E-state index in [0.29, 0.717) is 54.6 Å². The molecule has 2 unspecified atom stereocenters. The Kier molecular flexibility index (Phi) is 10.0. The van der Waals surface area contributed by atoms with Crippen LogP contribution in [-0.4, -0.2) is 84.3 Å². The lowest BCUT2D eigenvalue weighted by molar-refractivity contribution is 0.100. The molecule has 4 N–H and O–H groups in total. The van der Waals surface area contributed by atoms with Crippen molar-refractivity contribution in [2.24, 2.45) is 14.1 Å². The van der Waals surface area contributed by atoms with Crippen molar-refractivity contribution in [1.29, 1.82) is 0 Å². The zero-order chi connectivity index (χ0) is 35.0. The summed E-state index contributed by atoms with van der Waals surface area (Å²) < 4.78 is 3.23. The first-order valence-corrected chi connectivity index (χ1v) is 16.8. The molecule has 4 heterocycles. The lowest BCUT2D eigenvalue weighted by Gasteiger charge is -2.27. The van der Waals surface area contributed by atoms with Crippen molar-refractivity contribution in [3.05, 3.63) is 97.9 Å². The largest absolute Gasteiger partial charge is 0.392 e. The predicted octanol–water partition coefficient (Wildman–Crippen LogP) is 3.56. The zero-order valence-corrected chi connectivity index (χ0v) is 28.9. The number of hydrogen-bond acceptors (Lipinski definition) is 8. The minimum Gasteiger partial charge on any atom is -0.392 e. The van der Waals surface area contributed by atoms with E-state index in [1.165, 1.54) is 4.57 Å². The van der Waals surface area contributed by atoms with Crippen LogP contribution in [0.3, 0.4) is 0 Å². The molecular weight excluding hydrogens is 646 g/mol. The van der Waals surface area contributed by atoms with Crippen LogP contribution in [0, 0.1) is 6.92 Å². The third-order valence-corrected chi connectivity index (χ3v) is 9.72. The van der Waals surface area contributed by atoms with E-state index in [4.69, 9.17) is 11.6 Å². The lowest BCUT2D eigenvalue weighted by atomic mass is 9.98. The fourth-order valence-corrected chi connectivity index (χ4v) is 7.10. The van der Waals surface area contributed by atoms with Crippen LogP contribution in [-0.2, 0) is 33.6 Å². The number of fused-ring (bicyclic) bond motifs is 1. The van der Waals surface area contributed by atoms with Crippen molar-refractivity contribution in [3.8, 4) is 11.1 Å². The van der Waals surface area contributed by atoms with Crippen LogP contribution >= 0.6 is 11.6 Å². The van der Waals surface area contributed by atoms with Gasteiger partial charge in [0.25, 0.3) is 17.4 Å². The van der Waals surface area contributed by atoms with E-state index in [2.05, 4.69) is 25.4 Å². The number of amides is 2. The molecule has 1 saturated heterocycles. The van der Waals surface area contributed by atoms with E-state index in [1.807, 2.05) is 30.7 Å². The number of nitrogens with zero attached hydrogens (tertiary/aromatic N) is 5. The number of anilines is 2. The van der Waals surface area contributed by atoms with Gasteiger partial charge in [0.2, 0.25) is 0 Å². The van der Waals surface area contributed by atoms with Crippen LogP contribution < -0.4 is 16.2 Å². The molecule has 49 heavy (non-hydrogen) atoms. The first-order valence-electron chi connectivity index (χ1n) is 16.5. The topological polar surface area (TPSA) is 145 Å². The maximum atomic E-state index is 13.5. The van der Waals surface area contributed by atoms with E-state index in [1.54, 1.807) is 50.5 Å². The van der Waals surface area contributed by atoms with Crippen molar-refractivity contribution in [2.45, 2.75) is 52.0 Å². The molecule has 0 bridgehead atoms. The molecule has 2 aromatic carbocycles. The highest BCUT2D eigenvalue weighted by molar-refractivity contribution is 6.36. The molecule has 2 atom stereocenters. The van der Waals surface area contributed by atoms with Gasteiger partial charge in [0.05, 0.1) is 28.6 Å². The molecule has 13 heteroatoms. The monoisotopic (exact) mass is 687 g/mol. The lowest BCUT2D eigenvalue weighted by Crippen LogP contribution is -2.36. The summed E-state index contributed by atoms with van der Waals surface area (Å²) in [5, 5.41) is 25.9. The molecule has 2 amide bonds. The molecular formula is C36H42ClN7O5.